The summed E-state index contributed by atoms with van der Waals surface area (Å²) in [6, 6.07) is 1.87. The molecule has 18 heavy (non-hydrogen) atoms. The first-order valence-electron chi connectivity index (χ1n) is 6.95. The minimum absolute atomic E-state index is 0.149. The molecule has 0 bridgehead atoms. The minimum atomic E-state index is 0.149. The number of nitrogens with two attached hydrogens (primary N) is 1. The molecule has 1 aromatic heterocycles. The second kappa shape index (κ2) is 5.98. The highest BCUT2D eigenvalue weighted by Gasteiger charge is 2.24. The van der Waals surface area contributed by atoms with Gasteiger partial charge in [0, 0.05) is 12.1 Å². The maximum absolute atomic E-state index is 12.6. The largest absolute Gasteiger partial charge is 0.383 e. The summed E-state index contributed by atoms with van der Waals surface area (Å²) in [7, 11) is 0. The van der Waals surface area contributed by atoms with E-state index in [4.69, 9.17) is 5.73 Å². The number of ketones is 1. The Morgan fingerprint density at radius 2 is 1.83 bits per heavy atom. The first-order chi connectivity index (χ1) is 8.70. The molecule has 1 fully saturated rings. The van der Waals surface area contributed by atoms with Crippen LogP contribution in [0.25, 0.3) is 0 Å². The maximum Gasteiger partial charge on any atom is 0.169 e. The number of aromatic nitrogens is 1. The van der Waals surface area contributed by atoms with Crippen LogP contribution in [-0.4, -0.2) is 10.8 Å². The zero-order valence-corrected chi connectivity index (χ0v) is 11.1. The lowest BCUT2D eigenvalue weighted by Gasteiger charge is -2.19. The molecule has 0 amide bonds. The monoisotopic (exact) mass is 246 g/mol. The molecule has 3 heteroatoms. The third-order valence-electron chi connectivity index (χ3n) is 3.91. The fraction of sp³-hybridized carbons (Fsp3) is 0.600. The SMILES string of the molecule is Cc1ccnc(N)c1C(=O)C1CCCCCCC1. The second-order valence-corrected chi connectivity index (χ2v) is 5.29. The molecule has 0 radical (unpaired) electrons. The van der Waals surface area contributed by atoms with Crippen LogP contribution in [0.2, 0.25) is 0 Å². The fourth-order valence-electron chi connectivity index (χ4n) is 2.82. The molecule has 1 aliphatic carbocycles. The Morgan fingerprint density at radius 3 is 2.44 bits per heavy atom. The Balaban J connectivity index is 2.18. The van der Waals surface area contributed by atoms with Gasteiger partial charge in [0.25, 0.3) is 0 Å². The van der Waals surface area contributed by atoms with E-state index in [1.807, 2.05) is 13.0 Å². The van der Waals surface area contributed by atoms with Crippen LogP contribution in [0.4, 0.5) is 5.82 Å². The molecule has 1 aromatic rings. The van der Waals surface area contributed by atoms with Gasteiger partial charge < -0.3 is 5.73 Å². The van der Waals surface area contributed by atoms with E-state index in [0.717, 1.165) is 31.2 Å². The summed E-state index contributed by atoms with van der Waals surface area (Å²) in [5.41, 5.74) is 7.48. The lowest BCUT2D eigenvalue weighted by molar-refractivity contribution is 0.0898. The van der Waals surface area contributed by atoms with Crippen LogP contribution in [0.5, 0.6) is 0 Å². The Morgan fingerprint density at radius 1 is 1.22 bits per heavy atom. The highest BCUT2D eigenvalue weighted by molar-refractivity contribution is 6.02. The smallest absolute Gasteiger partial charge is 0.169 e. The number of pyridine rings is 1. The van der Waals surface area contributed by atoms with Crippen LogP contribution in [0.15, 0.2) is 12.3 Å². The van der Waals surface area contributed by atoms with Gasteiger partial charge in [-0.3, -0.25) is 4.79 Å². The van der Waals surface area contributed by atoms with Gasteiger partial charge in [0.2, 0.25) is 0 Å². The van der Waals surface area contributed by atoms with Crippen molar-refractivity contribution in [3.63, 3.8) is 0 Å². The number of rotatable bonds is 2. The molecule has 2 rings (SSSR count). The molecule has 3 nitrogen and oxygen atoms in total. The average molecular weight is 246 g/mol. The quantitative estimate of drug-likeness (QED) is 0.812. The molecule has 0 atom stereocenters. The Labute approximate surface area is 109 Å². The van der Waals surface area contributed by atoms with E-state index in [0.29, 0.717) is 11.4 Å². The van der Waals surface area contributed by atoms with Crippen molar-refractivity contribution < 1.29 is 4.79 Å². The van der Waals surface area contributed by atoms with E-state index in [-0.39, 0.29) is 11.7 Å². The molecular formula is C15H22N2O. The van der Waals surface area contributed by atoms with Crippen LogP contribution < -0.4 is 5.73 Å². The van der Waals surface area contributed by atoms with Crippen molar-refractivity contribution in [2.24, 2.45) is 5.92 Å². The van der Waals surface area contributed by atoms with Gasteiger partial charge in [-0.15, -0.1) is 0 Å². The van der Waals surface area contributed by atoms with Crippen LogP contribution in [-0.2, 0) is 0 Å². The van der Waals surface area contributed by atoms with Crippen LogP contribution in [0.1, 0.15) is 60.9 Å². The summed E-state index contributed by atoms with van der Waals surface area (Å²) in [6.07, 6.45) is 9.83. The number of anilines is 1. The molecule has 1 heterocycles. The van der Waals surface area contributed by atoms with E-state index in [2.05, 4.69) is 4.98 Å². The number of hydrogen-bond donors (Lipinski definition) is 1. The van der Waals surface area contributed by atoms with Crippen molar-refractivity contribution in [2.75, 3.05) is 5.73 Å². The summed E-state index contributed by atoms with van der Waals surface area (Å²) < 4.78 is 0. The first-order valence-corrected chi connectivity index (χ1v) is 6.95. The third kappa shape index (κ3) is 2.89. The number of Topliss-reactive ketones (excluding diaryl/α,β-unsaturated/α-hetero) is 1. The van der Waals surface area contributed by atoms with Crippen LogP contribution in [0.3, 0.4) is 0 Å². The van der Waals surface area contributed by atoms with E-state index < -0.39 is 0 Å². The molecule has 1 saturated carbocycles. The minimum Gasteiger partial charge on any atom is -0.383 e. The number of aryl methyl sites for hydroxylation is 1. The molecule has 0 unspecified atom stereocenters. The fourth-order valence-corrected chi connectivity index (χ4v) is 2.82. The normalized spacial score (nSPS) is 18.1. The molecule has 1 aliphatic rings. The summed E-state index contributed by atoms with van der Waals surface area (Å²) in [5, 5.41) is 0. The van der Waals surface area contributed by atoms with Crippen LogP contribution in [0, 0.1) is 12.8 Å². The van der Waals surface area contributed by atoms with Gasteiger partial charge in [0.15, 0.2) is 5.78 Å². The standard InChI is InChI=1S/C15H22N2O/c1-11-9-10-17-15(16)13(11)14(18)12-7-5-3-2-4-6-8-12/h9-10,12H,2-8H2,1H3,(H2,16,17). The lowest BCUT2D eigenvalue weighted by Crippen LogP contribution is -2.19. The van der Waals surface area contributed by atoms with Gasteiger partial charge >= 0.3 is 0 Å². The van der Waals surface area contributed by atoms with Gasteiger partial charge in [-0.2, -0.15) is 0 Å². The van der Waals surface area contributed by atoms with E-state index in [1.165, 1.54) is 19.3 Å². The molecule has 0 saturated heterocycles. The number of hydrogen-bond acceptors (Lipinski definition) is 3. The maximum atomic E-state index is 12.6. The lowest BCUT2D eigenvalue weighted by atomic mass is 9.85. The summed E-state index contributed by atoms with van der Waals surface area (Å²) in [6.45, 7) is 1.94. The molecule has 0 spiro atoms. The predicted molar refractivity (Wildman–Crippen MR) is 73.5 cm³/mol. The third-order valence-corrected chi connectivity index (χ3v) is 3.91. The molecular weight excluding hydrogens is 224 g/mol. The van der Waals surface area contributed by atoms with Crippen LogP contribution >= 0.6 is 0 Å². The van der Waals surface area contributed by atoms with Crippen molar-refractivity contribution in [3.05, 3.63) is 23.4 Å². The number of carbonyl (C=O) groups excluding carboxylic acids is 1. The summed E-state index contributed by atoms with van der Waals surface area (Å²) in [4.78, 5) is 16.6. The van der Waals surface area contributed by atoms with Crippen molar-refractivity contribution in [3.8, 4) is 0 Å². The van der Waals surface area contributed by atoms with E-state index in [9.17, 15) is 4.79 Å². The Kier molecular flexibility index (Phi) is 4.34. The molecule has 98 valence electrons. The number of carbonyl (C=O) groups is 1. The molecule has 0 aromatic carbocycles. The van der Waals surface area contributed by atoms with Gasteiger partial charge in [-0.25, -0.2) is 4.98 Å². The number of nitrogens with zero attached hydrogens (tertiary/aromatic N) is 1. The zero-order chi connectivity index (χ0) is 13.0. The second-order valence-electron chi connectivity index (χ2n) is 5.29. The Bertz CT molecular complexity index is 400. The van der Waals surface area contributed by atoms with Crippen molar-refractivity contribution >= 4 is 11.6 Å². The van der Waals surface area contributed by atoms with Gasteiger partial charge in [0.05, 0.1) is 5.56 Å². The topological polar surface area (TPSA) is 56.0 Å². The van der Waals surface area contributed by atoms with Crippen molar-refractivity contribution in [1.82, 2.24) is 4.98 Å². The first kappa shape index (κ1) is 13.1. The van der Waals surface area contributed by atoms with Gasteiger partial charge in [-0.1, -0.05) is 32.1 Å². The molecule has 0 aliphatic heterocycles. The van der Waals surface area contributed by atoms with E-state index >= 15 is 0 Å². The zero-order valence-electron chi connectivity index (χ0n) is 11.1. The number of nitrogen functional groups attached to an aromatic ring is 1. The average Bonchev–Trinajstić information content (AvgIpc) is 2.27. The summed E-state index contributed by atoms with van der Waals surface area (Å²) >= 11 is 0. The summed E-state index contributed by atoms with van der Waals surface area (Å²) in [5.74, 6) is 0.748. The Hall–Kier alpha value is -1.38. The molecule has 2 N–H and O–H groups in total. The van der Waals surface area contributed by atoms with E-state index in [1.54, 1.807) is 6.20 Å². The van der Waals surface area contributed by atoms with Crippen molar-refractivity contribution in [1.29, 1.82) is 0 Å². The van der Waals surface area contributed by atoms with Crippen molar-refractivity contribution in [2.45, 2.75) is 51.9 Å². The highest BCUT2D eigenvalue weighted by Crippen LogP contribution is 2.28. The predicted octanol–water partition coefficient (Wildman–Crippen LogP) is 3.52. The van der Waals surface area contributed by atoms with Gasteiger partial charge in [0.1, 0.15) is 5.82 Å². The highest BCUT2D eigenvalue weighted by atomic mass is 16.1. The van der Waals surface area contributed by atoms with Gasteiger partial charge in [-0.05, 0) is 31.4 Å².